The number of halogens is 2. The van der Waals surface area contributed by atoms with E-state index in [1.165, 1.54) is 12.1 Å². The van der Waals surface area contributed by atoms with Crippen LogP contribution in [-0.2, 0) is 10.0 Å². The number of hydrogen-bond donors (Lipinski definition) is 3. The number of nitrogens with zero attached hydrogens (tertiary/aromatic N) is 1. The SMILES string of the molecule is Nc1cc(Cl)cc(Cl)c1S(=O)(=O)N1CC(O)C(O)C1. The molecule has 2 atom stereocenters. The predicted octanol–water partition coefficient (Wildman–Crippen LogP) is 0.302. The standard InChI is InChI=1S/C10H12Cl2N2O4S/c11-5-1-6(12)10(7(13)2-5)19(17,18)14-3-8(15)9(16)4-14/h1-2,8-9,15-16H,3-4,13H2. The van der Waals surface area contributed by atoms with Gasteiger partial charge in [-0.3, -0.25) is 0 Å². The molecule has 0 radical (unpaired) electrons. The molecule has 1 aromatic carbocycles. The number of β-amino-alcohol motifs (C(OH)–C–C–N with tert-alkyl or cyclic N) is 2. The summed E-state index contributed by atoms with van der Waals surface area (Å²) in [5.74, 6) is 0. The van der Waals surface area contributed by atoms with Gasteiger partial charge in [-0.2, -0.15) is 4.31 Å². The summed E-state index contributed by atoms with van der Waals surface area (Å²) in [5, 5.41) is 19.0. The molecule has 106 valence electrons. The van der Waals surface area contributed by atoms with E-state index >= 15 is 0 Å². The quantitative estimate of drug-likeness (QED) is 0.678. The van der Waals surface area contributed by atoms with Crippen LogP contribution < -0.4 is 5.73 Å². The maximum atomic E-state index is 12.4. The molecule has 1 saturated heterocycles. The van der Waals surface area contributed by atoms with Crippen molar-refractivity contribution in [2.24, 2.45) is 0 Å². The second-order valence-corrected chi connectivity index (χ2v) is 6.98. The van der Waals surface area contributed by atoms with E-state index in [2.05, 4.69) is 0 Å². The van der Waals surface area contributed by atoms with Crippen molar-refractivity contribution in [2.45, 2.75) is 17.1 Å². The van der Waals surface area contributed by atoms with Crippen molar-refractivity contribution in [2.75, 3.05) is 18.8 Å². The highest BCUT2D eigenvalue weighted by molar-refractivity contribution is 7.89. The van der Waals surface area contributed by atoms with Gasteiger partial charge in [-0.25, -0.2) is 8.42 Å². The van der Waals surface area contributed by atoms with Crippen LogP contribution in [-0.4, -0.2) is 48.2 Å². The van der Waals surface area contributed by atoms with E-state index in [-0.39, 0.29) is 33.7 Å². The van der Waals surface area contributed by atoms with Gasteiger partial charge in [-0.1, -0.05) is 23.2 Å². The Morgan fingerprint density at radius 1 is 1.21 bits per heavy atom. The normalized spacial score (nSPS) is 24.8. The van der Waals surface area contributed by atoms with Gasteiger partial charge < -0.3 is 15.9 Å². The Balaban J connectivity index is 2.47. The fourth-order valence-corrected chi connectivity index (χ4v) is 4.33. The van der Waals surface area contributed by atoms with E-state index < -0.39 is 22.2 Å². The predicted molar refractivity (Wildman–Crippen MR) is 71.6 cm³/mol. The smallest absolute Gasteiger partial charge is 0.246 e. The first-order valence-corrected chi connectivity index (χ1v) is 7.54. The number of sulfonamides is 1. The zero-order valence-electron chi connectivity index (χ0n) is 9.62. The molecule has 0 aliphatic carbocycles. The van der Waals surface area contributed by atoms with Gasteiger partial charge in [-0.05, 0) is 12.1 Å². The van der Waals surface area contributed by atoms with E-state index in [0.717, 1.165) is 4.31 Å². The molecule has 0 saturated carbocycles. The number of nitrogens with two attached hydrogens (primary N) is 1. The van der Waals surface area contributed by atoms with E-state index in [9.17, 15) is 18.6 Å². The molecule has 1 aliphatic heterocycles. The van der Waals surface area contributed by atoms with Gasteiger partial charge in [0.25, 0.3) is 0 Å². The van der Waals surface area contributed by atoms with Crippen LogP contribution in [0.2, 0.25) is 10.0 Å². The molecular weight excluding hydrogens is 315 g/mol. The Labute approximate surface area is 120 Å². The second kappa shape index (κ2) is 5.08. The van der Waals surface area contributed by atoms with E-state index in [0.29, 0.717) is 0 Å². The van der Waals surface area contributed by atoms with Crippen molar-refractivity contribution in [3.05, 3.63) is 22.2 Å². The van der Waals surface area contributed by atoms with Crippen molar-refractivity contribution in [3.8, 4) is 0 Å². The molecule has 1 heterocycles. The van der Waals surface area contributed by atoms with Crippen molar-refractivity contribution >= 4 is 38.9 Å². The highest BCUT2D eigenvalue weighted by Gasteiger charge is 2.39. The average Bonchev–Trinajstić information content (AvgIpc) is 2.57. The topological polar surface area (TPSA) is 104 Å². The Morgan fingerprint density at radius 3 is 2.21 bits per heavy atom. The van der Waals surface area contributed by atoms with Crippen LogP contribution in [0.5, 0.6) is 0 Å². The minimum absolute atomic E-state index is 0.0756. The van der Waals surface area contributed by atoms with Crippen molar-refractivity contribution < 1.29 is 18.6 Å². The van der Waals surface area contributed by atoms with Gasteiger partial charge in [0.05, 0.1) is 22.9 Å². The molecule has 9 heteroatoms. The lowest BCUT2D eigenvalue weighted by molar-refractivity contribution is 0.0572. The minimum Gasteiger partial charge on any atom is -0.398 e. The monoisotopic (exact) mass is 326 g/mol. The largest absolute Gasteiger partial charge is 0.398 e. The fraction of sp³-hybridized carbons (Fsp3) is 0.400. The first kappa shape index (κ1) is 14.8. The van der Waals surface area contributed by atoms with Crippen LogP contribution in [0.4, 0.5) is 5.69 Å². The maximum Gasteiger partial charge on any atom is 0.246 e. The van der Waals surface area contributed by atoms with Crippen LogP contribution in [0.25, 0.3) is 0 Å². The Bertz CT molecular complexity index is 575. The number of hydrogen-bond acceptors (Lipinski definition) is 5. The number of aliphatic hydroxyl groups is 2. The van der Waals surface area contributed by atoms with Crippen molar-refractivity contribution in [3.63, 3.8) is 0 Å². The van der Waals surface area contributed by atoms with Gasteiger partial charge >= 0.3 is 0 Å². The number of rotatable bonds is 2. The first-order valence-electron chi connectivity index (χ1n) is 5.34. The van der Waals surface area contributed by atoms with Gasteiger partial charge in [0.2, 0.25) is 10.0 Å². The van der Waals surface area contributed by atoms with E-state index in [4.69, 9.17) is 28.9 Å². The number of nitrogen functional groups attached to an aromatic ring is 1. The average molecular weight is 327 g/mol. The highest BCUT2D eigenvalue weighted by Crippen LogP contribution is 2.34. The summed E-state index contributed by atoms with van der Waals surface area (Å²) >= 11 is 11.6. The fourth-order valence-electron chi connectivity index (χ4n) is 1.91. The Hall–Kier alpha value is -0.570. The summed E-state index contributed by atoms with van der Waals surface area (Å²) in [5.41, 5.74) is 5.57. The molecule has 0 aromatic heterocycles. The zero-order valence-corrected chi connectivity index (χ0v) is 12.0. The van der Waals surface area contributed by atoms with E-state index in [1.807, 2.05) is 0 Å². The molecule has 0 bridgehead atoms. The van der Waals surface area contributed by atoms with Gasteiger partial charge in [0, 0.05) is 18.1 Å². The summed E-state index contributed by atoms with van der Waals surface area (Å²) in [6.07, 6.45) is -2.25. The van der Waals surface area contributed by atoms with Gasteiger partial charge in [-0.15, -0.1) is 0 Å². The molecule has 1 fully saturated rings. The second-order valence-electron chi connectivity index (χ2n) is 4.26. The maximum absolute atomic E-state index is 12.4. The minimum atomic E-state index is -3.98. The number of aliphatic hydroxyl groups excluding tert-OH is 2. The summed E-state index contributed by atoms with van der Waals surface area (Å²) in [6, 6.07) is 2.55. The third kappa shape index (κ3) is 2.67. The third-order valence-corrected chi connectivity index (χ3v) is 5.44. The van der Waals surface area contributed by atoms with Crippen LogP contribution in [0, 0.1) is 0 Å². The van der Waals surface area contributed by atoms with Gasteiger partial charge in [0.1, 0.15) is 4.90 Å². The summed E-state index contributed by atoms with van der Waals surface area (Å²) < 4.78 is 25.7. The highest BCUT2D eigenvalue weighted by atomic mass is 35.5. The molecule has 6 nitrogen and oxygen atoms in total. The van der Waals surface area contributed by atoms with Gasteiger partial charge in [0.15, 0.2) is 0 Å². The lowest BCUT2D eigenvalue weighted by atomic mass is 10.3. The van der Waals surface area contributed by atoms with Crippen molar-refractivity contribution in [1.82, 2.24) is 4.31 Å². The summed E-state index contributed by atoms with van der Waals surface area (Å²) in [6.45, 7) is -0.413. The lowest BCUT2D eigenvalue weighted by Gasteiger charge is -2.18. The molecule has 1 aromatic rings. The lowest BCUT2D eigenvalue weighted by Crippen LogP contribution is -2.30. The Kier molecular flexibility index (Phi) is 3.97. The first-order chi connectivity index (χ1) is 8.73. The van der Waals surface area contributed by atoms with Crippen molar-refractivity contribution in [1.29, 1.82) is 0 Å². The summed E-state index contributed by atoms with van der Waals surface area (Å²) in [7, 11) is -3.98. The van der Waals surface area contributed by atoms with Crippen LogP contribution >= 0.6 is 23.2 Å². The molecular formula is C10H12Cl2N2O4S. The molecule has 0 amide bonds. The number of anilines is 1. The van der Waals surface area contributed by atoms with Crippen LogP contribution in [0.3, 0.4) is 0 Å². The third-order valence-electron chi connectivity index (χ3n) is 2.86. The summed E-state index contributed by atoms with van der Waals surface area (Å²) in [4.78, 5) is -0.264. The molecule has 2 rings (SSSR count). The zero-order chi connectivity index (χ0) is 14.4. The molecule has 4 N–H and O–H groups in total. The van der Waals surface area contributed by atoms with Crippen LogP contribution in [0.1, 0.15) is 0 Å². The number of benzene rings is 1. The molecule has 0 spiro atoms. The molecule has 19 heavy (non-hydrogen) atoms. The molecule has 2 unspecified atom stereocenters. The van der Waals surface area contributed by atoms with Crippen LogP contribution in [0.15, 0.2) is 17.0 Å². The Morgan fingerprint density at radius 2 is 1.74 bits per heavy atom. The van der Waals surface area contributed by atoms with E-state index in [1.54, 1.807) is 0 Å². The molecule has 1 aliphatic rings.